The molecule has 6 heteroatoms. The maximum absolute atomic E-state index is 11.3. The van der Waals surface area contributed by atoms with E-state index in [2.05, 4.69) is 10.6 Å². The molecule has 1 amide bonds. The van der Waals surface area contributed by atoms with Crippen LogP contribution >= 0.6 is 11.6 Å². The zero-order valence-electron chi connectivity index (χ0n) is 10.8. The zero-order valence-corrected chi connectivity index (χ0v) is 11.5. The first-order valence-electron chi connectivity index (χ1n) is 6.05. The first-order chi connectivity index (χ1) is 9.08. The summed E-state index contributed by atoms with van der Waals surface area (Å²) in [6.45, 7) is 0.301. The van der Waals surface area contributed by atoms with Crippen molar-refractivity contribution in [2.24, 2.45) is 0 Å². The molecular formula is C13H19ClN2O3. The van der Waals surface area contributed by atoms with Crippen molar-refractivity contribution < 1.29 is 15.0 Å². The van der Waals surface area contributed by atoms with Crippen LogP contribution in [0.3, 0.4) is 0 Å². The number of aliphatic hydroxyl groups is 2. The Kier molecular flexibility index (Phi) is 6.80. The molecule has 5 nitrogen and oxygen atoms in total. The Morgan fingerprint density at radius 3 is 2.47 bits per heavy atom. The number of aliphatic hydroxyl groups excluding tert-OH is 2. The molecule has 0 aliphatic carbocycles. The summed E-state index contributed by atoms with van der Waals surface area (Å²) in [6.07, 6.45) is -1.57. The standard InChI is InChI=1S/C13H19ClN2O3/c1-15-8-11(17)13(19)9-2-4-10(5-3-9)16-12(18)6-7-14/h2-5,11,13,15,17,19H,6-8H2,1H3,(H,16,18). The zero-order chi connectivity index (χ0) is 14.3. The van der Waals surface area contributed by atoms with Crippen molar-refractivity contribution in [1.29, 1.82) is 0 Å². The van der Waals surface area contributed by atoms with Crippen LogP contribution < -0.4 is 10.6 Å². The molecular weight excluding hydrogens is 268 g/mol. The van der Waals surface area contributed by atoms with Crippen LogP contribution in [0.2, 0.25) is 0 Å². The first-order valence-corrected chi connectivity index (χ1v) is 6.58. The molecule has 0 fully saturated rings. The second kappa shape index (κ2) is 8.12. The number of amides is 1. The number of hydrogen-bond donors (Lipinski definition) is 4. The Balaban J connectivity index is 2.63. The lowest BCUT2D eigenvalue weighted by atomic mass is 10.0. The molecule has 2 unspecified atom stereocenters. The van der Waals surface area contributed by atoms with Gasteiger partial charge < -0.3 is 20.8 Å². The highest BCUT2D eigenvalue weighted by molar-refractivity contribution is 6.19. The number of alkyl halides is 1. The topological polar surface area (TPSA) is 81.6 Å². The number of nitrogens with one attached hydrogen (secondary N) is 2. The second-order valence-corrected chi connectivity index (χ2v) is 4.56. The molecule has 106 valence electrons. The highest BCUT2D eigenvalue weighted by Gasteiger charge is 2.17. The smallest absolute Gasteiger partial charge is 0.225 e. The van der Waals surface area contributed by atoms with Gasteiger partial charge in [-0.2, -0.15) is 0 Å². The van der Waals surface area contributed by atoms with E-state index in [9.17, 15) is 15.0 Å². The van der Waals surface area contributed by atoms with Gasteiger partial charge in [-0.1, -0.05) is 12.1 Å². The SMILES string of the molecule is CNCC(O)C(O)c1ccc(NC(=O)CCCl)cc1. The molecule has 0 heterocycles. The van der Waals surface area contributed by atoms with Gasteiger partial charge in [0.05, 0.1) is 6.10 Å². The molecule has 0 aliphatic heterocycles. The summed E-state index contributed by atoms with van der Waals surface area (Å²) in [6, 6.07) is 6.69. The van der Waals surface area contributed by atoms with Gasteiger partial charge in [-0.3, -0.25) is 4.79 Å². The fraction of sp³-hybridized carbons (Fsp3) is 0.462. The van der Waals surface area contributed by atoms with E-state index in [4.69, 9.17) is 11.6 Å². The van der Waals surface area contributed by atoms with Crippen molar-refractivity contribution in [2.75, 3.05) is 24.8 Å². The summed E-state index contributed by atoms with van der Waals surface area (Å²) >= 11 is 5.47. The van der Waals surface area contributed by atoms with E-state index in [-0.39, 0.29) is 18.2 Å². The number of likely N-dealkylation sites (N-methyl/N-ethyl adjacent to an activating group) is 1. The third-order valence-corrected chi connectivity index (χ3v) is 2.82. The fourth-order valence-electron chi connectivity index (χ4n) is 1.62. The summed E-state index contributed by atoms with van der Waals surface area (Å²) in [5, 5.41) is 25.0. The maximum atomic E-state index is 11.3. The van der Waals surface area contributed by atoms with Crippen molar-refractivity contribution in [1.82, 2.24) is 5.32 Å². The summed E-state index contributed by atoms with van der Waals surface area (Å²) in [4.78, 5) is 11.3. The number of hydrogen-bond acceptors (Lipinski definition) is 4. The third-order valence-electron chi connectivity index (χ3n) is 2.64. The minimum Gasteiger partial charge on any atom is -0.389 e. The minimum atomic E-state index is -0.958. The number of halogens is 1. The van der Waals surface area contributed by atoms with Crippen LogP contribution in [0.4, 0.5) is 5.69 Å². The van der Waals surface area contributed by atoms with Crippen LogP contribution in [0.1, 0.15) is 18.1 Å². The number of anilines is 1. The number of carbonyl (C=O) groups excluding carboxylic acids is 1. The van der Waals surface area contributed by atoms with Crippen LogP contribution in [0.15, 0.2) is 24.3 Å². The van der Waals surface area contributed by atoms with E-state index in [0.717, 1.165) is 0 Å². The molecule has 2 atom stereocenters. The first kappa shape index (κ1) is 15.9. The van der Waals surface area contributed by atoms with Gasteiger partial charge in [-0.25, -0.2) is 0 Å². The fourth-order valence-corrected chi connectivity index (χ4v) is 1.79. The van der Waals surface area contributed by atoms with Gasteiger partial charge in [0.25, 0.3) is 0 Å². The van der Waals surface area contributed by atoms with Crippen LogP contribution in [0, 0.1) is 0 Å². The molecule has 4 N–H and O–H groups in total. The Hall–Kier alpha value is -1.14. The van der Waals surface area contributed by atoms with E-state index in [1.807, 2.05) is 0 Å². The number of benzene rings is 1. The third kappa shape index (κ3) is 5.16. The van der Waals surface area contributed by atoms with E-state index < -0.39 is 12.2 Å². The van der Waals surface area contributed by atoms with Crippen molar-refractivity contribution in [2.45, 2.75) is 18.6 Å². The molecule has 0 bridgehead atoms. The van der Waals surface area contributed by atoms with Crippen molar-refractivity contribution in [3.05, 3.63) is 29.8 Å². The highest BCUT2D eigenvalue weighted by atomic mass is 35.5. The van der Waals surface area contributed by atoms with Gasteiger partial charge in [0.1, 0.15) is 6.10 Å². The molecule has 1 aromatic carbocycles. The number of carbonyl (C=O) groups is 1. The molecule has 0 aromatic heterocycles. The van der Waals surface area contributed by atoms with E-state index in [1.54, 1.807) is 31.3 Å². The van der Waals surface area contributed by atoms with Gasteiger partial charge in [-0.05, 0) is 24.7 Å². The van der Waals surface area contributed by atoms with E-state index in [1.165, 1.54) is 0 Å². The van der Waals surface area contributed by atoms with Crippen LogP contribution in [-0.4, -0.2) is 41.7 Å². The van der Waals surface area contributed by atoms with Crippen LogP contribution in [-0.2, 0) is 4.79 Å². The lowest BCUT2D eigenvalue weighted by Crippen LogP contribution is -2.29. The molecule has 1 aromatic rings. The van der Waals surface area contributed by atoms with Crippen LogP contribution in [0.25, 0.3) is 0 Å². The summed E-state index contributed by atoms with van der Waals surface area (Å²) in [5.41, 5.74) is 1.23. The van der Waals surface area contributed by atoms with Gasteiger partial charge in [0, 0.05) is 24.5 Å². The minimum absolute atomic E-state index is 0.154. The Labute approximate surface area is 117 Å². The van der Waals surface area contributed by atoms with Crippen molar-refractivity contribution >= 4 is 23.2 Å². The van der Waals surface area contributed by atoms with E-state index in [0.29, 0.717) is 17.8 Å². The molecule has 0 aliphatic rings. The predicted molar refractivity (Wildman–Crippen MR) is 75.3 cm³/mol. The monoisotopic (exact) mass is 286 g/mol. The quantitative estimate of drug-likeness (QED) is 0.561. The average molecular weight is 287 g/mol. The summed E-state index contributed by atoms with van der Waals surface area (Å²) in [5.74, 6) is 0.122. The van der Waals surface area contributed by atoms with Crippen LogP contribution in [0.5, 0.6) is 0 Å². The largest absolute Gasteiger partial charge is 0.389 e. The van der Waals surface area contributed by atoms with Crippen molar-refractivity contribution in [3.8, 4) is 0 Å². The lowest BCUT2D eigenvalue weighted by Gasteiger charge is -2.18. The summed E-state index contributed by atoms with van der Waals surface area (Å²) < 4.78 is 0. The molecule has 0 saturated carbocycles. The Morgan fingerprint density at radius 2 is 1.95 bits per heavy atom. The second-order valence-electron chi connectivity index (χ2n) is 4.18. The van der Waals surface area contributed by atoms with Gasteiger partial charge >= 0.3 is 0 Å². The Morgan fingerprint density at radius 1 is 1.32 bits per heavy atom. The predicted octanol–water partition coefficient (Wildman–Crippen LogP) is 0.868. The van der Waals surface area contributed by atoms with Gasteiger partial charge in [0.15, 0.2) is 0 Å². The van der Waals surface area contributed by atoms with E-state index >= 15 is 0 Å². The average Bonchev–Trinajstić information content (AvgIpc) is 2.39. The molecule has 0 saturated heterocycles. The lowest BCUT2D eigenvalue weighted by molar-refractivity contribution is -0.115. The Bertz CT molecular complexity index is 397. The van der Waals surface area contributed by atoms with Crippen molar-refractivity contribution in [3.63, 3.8) is 0 Å². The molecule has 0 radical (unpaired) electrons. The maximum Gasteiger partial charge on any atom is 0.225 e. The van der Waals surface area contributed by atoms with Gasteiger partial charge in [-0.15, -0.1) is 11.6 Å². The molecule has 19 heavy (non-hydrogen) atoms. The highest BCUT2D eigenvalue weighted by Crippen LogP contribution is 2.19. The normalized spacial score (nSPS) is 13.9. The summed E-state index contributed by atoms with van der Waals surface area (Å²) in [7, 11) is 1.70. The molecule has 0 spiro atoms. The van der Waals surface area contributed by atoms with Gasteiger partial charge in [0.2, 0.25) is 5.91 Å². The number of rotatable bonds is 7. The molecule has 1 rings (SSSR count).